The number of anilines is 3. The van der Waals surface area contributed by atoms with Crippen LogP contribution in [0.1, 0.15) is 50.0 Å². The van der Waals surface area contributed by atoms with Gasteiger partial charge in [0.1, 0.15) is 11.6 Å². The molecule has 0 spiro atoms. The van der Waals surface area contributed by atoms with Gasteiger partial charge in [-0.2, -0.15) is 9.97 Å². The third kappa shape index (κ3) is 7.23. The average Bonchev–Trinajstić information content (AvgIpc) is 3.81. The predicted octanol–water partition coefficient (Wildman–Crippen LogP) is 5.18. The molecule has 6 rings (SSSR count). The number of rotatable bonds is 10. The Hall–Kier alpha value is -4.29. The molecule has 1 unspecified atom stereocenters. The van der Waals surface area contributed by atoms with E-state index < -0.39 is 11.9 Å². The Morgan fingerprint density at radius 1 is 1.15 bits per heavy atom. The van der Waals surface area contributed by atoms with Gasteiger partial charge in [-0.3, -0.25) is 19.3 Å². The monoisotopic (exact) mass is 650 g/mol. The van der Waals surface area contributed by atoms with E-state index in [1.54, 1.807) is 11.0 Å². The van der Waals surface area contributed by atoms with Crippen molar-refractivity contribution in [1.29, 1.82) is 0 Å². The summed E-state index contributed by atoms with van der Waals surface area (Å²) in [5.41, 5.74) is 2.86. The predicted molar refractivity (Wildman–Crippen MR) is 172 cm³/mol. The number of nitrogens with one attached hydrogen (secondary N) is 2. The highest BCUT2D eigenvalue weighted by Gasteiger charge is 2.35. The number of hydrogen-bond donors (Lipinski definition) is 2. The van der Waals surface area contributed by atoms with E-state index in [1.165, 1.54) is 25.3 Å². The fourth-order valence-electron chi connectivity index (χ4n) is 5.99. The van der Waals surface area contributed by atoms with Gasteiger partial charge in [-0.15, -0.1) is 0 Å². The number of carbonyl (C=O) groups excluding carboxylic acids is 3. The second kappa shape index (κ2) is 13.6. The van der Waals surface area contributed by atoms with Crippen molar-refractivity contribution in [1.82, 2.24) is 19.8 Å². The zero-order valence-electron chi connectivity index (χ0n) is 25.7. The Bertz CT molecular complexity index is 1690. The summed E-state index contributed by atoms with van der Waals surface area (Å²) in [6.45, 7) is 1.79. The van der Waals surface area contributed by atoms with E-state index in [0.29, 0.717) is 66.5 Å². The fourth-order valence-corrected chi connectivity index (χ4v) is 6.17. The van der Waals surface area contributed by atoms with Gasteiger partial charge < -0.3 is 25.0 Å². The Balaban J connectivity index is 1.11. The molecule has 3 aliphatic rings. The maximum atomic E-state index is 13.8. The summed E-state index contributed by atoms with van der Waals surface area (Å²) in [7, 11) is 3.50. The first-order chi connectivity index (χ1) is 22.2. The van der Waals surface area contributed by atoms with E-state index in [1.807, 2.05) is 25.3 Å². The molecule has 3 fully saturated rings. The van der Waals surface area contributed by atoms with E-state index in [4.69, 9.17) is 21.1 Å². The molecule has 1 aliphatic carbocycles. The summed E-state index contributed by atoms with van der Waals surface area (Å²) in [4.78, 5) is 50.1. The number of cyclic esters (lactones) is 1. The van der Waals surface area contributed by atoms with E-state index in [9.17, 15) is 18.8 Å². The molecule has 2 aliphatic heterocycles. The van der Waals surface area contributed by atoms with Gasteiger partial charge in [-0.1, -0.05) is 17.7 Å². The molecule has 2 N–H and O–H groups in total. The molecule has 2 aromatic carbocycles. The molecule has 2 saturated heterocycles. The molecular weight excluding hydrogens is 615 g/mol. The van der Waals surface area contributed by atoms with Crippen LogP contribution in [0.15, 0.2) is 42.5 Å². The Morgan fingerprint density at radius 3 is 2.61 bits per heavy atom. The van der Waals surface area contributed by atoms with Crippen molar-refractivity contribution in [3.63, 3.8) is 0 Å². The number of fused-ring (bicyclic) bond motifs is 1. The number of likely N-dealkylation sites (N-methyl/N-ethyl adjacent to an activating group) is 1. The van der Waals surface area contributed by atoms with Crippen molar-refractivity contribution in [2.45, 2.75) is 56.6 Å². The van der Waals surface area contributed by atoms with E-state index in [0.717, 1.165) is 31.2 Å². The normalized spacial score (nSPS) is 18.8. The van der Waals surface area contributed by atoms with Crippen molar-refractivity contribution in [2.75, 3.05) is 44.4 Å². The van der Waals surface area contributed by atoms with E-state index >= 15 is 0 Å². The number of piperidine rings is 1. The topological polar surface area (TPSA) is 126 Å². The first kappa shape index (κ1) is 31.7. The van der Waals surface area contributed by atoms with E-state index in [2.05, 4.69) is 25.5 Å². The van der Waals surface area contributed by atoms with Gasteiger partial charge in [0.05, 0.1) is 17.6 Å². The minimum absolute atomic E-state index is 0.0227. The number of nitrogens with zero attached hydrogens (tertiary/aromatic N) is 4. The molecule has 46 heavy (non-hydrogen) atoms. The van der Waals surface area contributed by atoms with Crippen LogP contribution in [0, 0.1) is 5.82 Å². The summed E-state index contributed by atoms with van der Waals surface area (Å²) in [5, 5.41) is 6.86. The summed E-state index contributed by atoms with van der Waals surface area (Å²) in [5.74, 6) is -0.440. The summed E-state index contributed by atoms with van der Waals surface area (Å²) in [6, 6.07) is 8.55. The largest absolute Gasteiger partial charge is 0.467 e. The lowest BCUT2D eigenvalue weighted by Gasteiger charge is -2.37. The molecule has 0 radical (unpaired) electrons. The Morgan fingerprint density at radius 2 is 1.93 bits per heavy atom. The molecule has 3 aromatic rings. The van der Waals surface area contributed by atoms with Crippen molar-refractivity contribution in [3.05, 3.63) is 58.9 Å². The van der Waals surface area contributed by atoms with Crippen LogP contribution in [0.25, 0.3) is 10.9 Å². The third-order valence-electron chi connectivity index (χ3n) is 8.71. The van der Waals surface area contributed by atoms with Gasteiger partial charge in [-0.25, -0.2) is 4.39 Å². The SMILES string of the molecule is COc1nc(Nc2ccc(F)c(Cl)c2)c2cc(NC(=O)C=CCN(C)C3CCN(C(=O)C4CCC(=O)O4)CC3)c(C3CC3)cc2n1. The molecule has 1 aromatic heterocycles. The van der Waals surface area contributed by atoms with Crippen molar-refractivity contribution >= 4 is 57.5 Å². The van der Waals surface area contributed by atoms with Gasteiger partial charge in [-0.05, 0) is 74.5 Å². The molecule has 3 heterocycles. The van der Waals surface area contributed by atoms with Crippen molar-refractivity contribution < 1.29 is 28.2 Å². The highest BCUT2D eigenvalue weighted by Crippen LogP contribution is 2.45. The van der Waals surface area contributed by atoms with Gasteiger partial charge in [0, 0.05) is 61.4 Å². The highest BCUT2D eigenvalue weighted by molar-refractivity contribution is 6.31. The van der Waals surface area contributed by atoms with Crippen LogP contribution < -0.4 is 15.4 Å². The number of carbonyl (C=O) groups is 3. The van der Waals surface area contributed by atoms with Crippen LogP contribution >= 0.6 is 11.6 Å². The minimum atomic E-state index is -0.640. The summed E-state index contributed by atoms with van der Waals surface area (Å²) in [6.07, 6.45) is 7.13. The first-order valence-corrected chi connectivity index (χ1v) is 15.8. The molecular formula is C33H36ClFN6O5. The first-order valence-electron chi connectivity index (χ1n) is 15.5. The lowest BCUT2D eigenvalue weighted by molar-refractivity contribution is -0.153. The molecule has 0 bridgehead atoms. The molecule has 11 nitrogen and oxygen atoms in total. The standard InChI is InChI=1S/C33H36ClFN6O5/c1-40(21-11-14-41(15-12-21)32(44)28-9-10-30(43)46-28)13-3-4-29(42)37-26-18-23-27(17-22(26)19-5-6-19)38-33(45-2)39-31(23)36-20-7-8-25(35)24(34)16-20/h3-4,7-8,16-19,21,28H,5-6,9-15H2,1-2H3,(H,37,42)(H,36,38,39). The number of likely N-dealkylation sites (tertiary alicyclic amines) is 1. The number of methoxy groups -OCH3 is 1. The van der Waals surface area contributed by atoms with Crippen molar-refractivity contribution in [2.24, 2.45) is 0 Å². The Kier molecular flexibility index (Phi) is 9.37. The number of aromatic nitrogens is 2. The maximum absolute atomic E-state index is 13.8. The van der Waals surface area contributed by atoms with Crippen LogP contribution in [0.2, 0.25) is 5.02 Å². The van der Waals surface area contributed by atoms with Gasteiger partial charge in [0.15, 0.2) is 6.10 Å². The molecule has 13 heteroatoms. The quantitative estimate of drug-likeness (QED) is 0.226. The second-order valence-corrected chi connectivity index (χ2v) is 12.4. The van der Waals surface area contributed by atoms with Gasteiger partial charge in [0.25, 0.3) is 5.91 Å². The smallest absolute Gasteiger partial charge is 0.318 e. The summed E-state index contributed by atoms with van der Waals surface area (Å²) < 4.78 is 24.2. The average molecular weight is 651 g/mol. The number of halogens is 2. The van der Waals surface area contributed by atoms with Crippen LogP contribution in [-0.2, 0) is 19.1 Å². The third-order valence-corrected chi connectivity index (χ3v) is 9.00. The van der Waals surface area contributed by atoms with Crippen molar-refractivity contribution in [3.8, 4) is 6.01 Å². The maximum Gasteiger partial charge on any atom is 0.318 e. The van der Waals surface area contributed by atoms with Gasteiger partial charge in [0.2, 0.25) is 5.91 Å². The number of amides is 2. The van der Waals surface area contributed by atoms with Crippen LogP contribution in [0.4, 0.5) is 21.6 Å². The molecule has 1 atom stereocenters. The molecule has 2 amide bonds. The van der Waals surface area contributed by atoms with Gasteiger partial charge >= 0.3 is 12.0 Å². The highest BCUT2D eigenvalue weighted by atomic mass is 35.5. The number of ether oxygens (including phenoxy) is 2. The zero-order valence-corrected chi connectivity index (χ0v) is 26.5. The number of esters is 1. The number of benzene rings is 2. The summed E-state index contributed by atoms with van der Waals surface area (Å²) >= 11 is 5.99. The fraction of sp³-hybridized carbons (Fsp3) is 0.424. The van der Waals surface area contributed by atoms with E-state index in [-0.39, 0.29) is 34.9 Å². The molecule has 1 saturated carbocycles. The molecule has 242 valence electrons. The second-order valence-electron chi connectivity index (χ2n) is 11.9. The van der Waals surface area contributed by atoms with Crippen LogP contribution in [-0.4, -0.2) is 83.5 Å². The minimum Gasteiger partial charge on any atom is -0.467 e. The Labute approximate surface area is 271 Å². The lowest BCUT2D eigenvalue weighted by atomic mass is 10.0. The van der Waals surface area contributed by atoms with Crippen LogP contribution in [0.5, 0.6) is 6.01 Å². The number of hydrogen-bond acceptors (Lipinski definition) is 9. The zero-order chi connectivity index (χ0) is 32.4. The van der Waals surface area contributed by atoms with Crippen LogP contribution in [0.3, 0.4) is 0 Å². The lowest BCUT2D eigenvalue weighted by Crippen LogP contribution is -2.48.